The van der Waals surface area contributed by atoms with Gasteiger partial charge in [-0.1, -0.05) is 30.3 Å². The van der Waals surface area contributed by atoms with Gasteiger partial charge in [-0.2, -0.15) is 5.10 Å². The predicted molar refractivity (Wildman–Crippen MR) is 90.6 cm³/mol. The van der Waals surface area contributed by atoms with E-state index >= 15 is 0 Å². The van der Waals surface area contributed by atoms with E-state index in [1.165, 1.54) is 0 Å². The number of esters is 1. The highest BCUT2D eigenvalue weighted by Crippen LogP contribution is 2.15. The summed E-state index contributed by atoms with van der Waals surface area (Å²) in [5.41, 5.74) is 2.70. The van der Waals surface area contributed by atoms with E-state index in [1.54, 1.807) is 32.5 Å². The van der Waals surface area contributed by atoms with E-state index in [0.29, 0.717) is 17.0 Å². The largest absolute Gasteiger partial charge is 0.449 e. The molecule has 1 aromatic heterocycles. The summed E-state index contributed by atoms with van der Waals surface area (Å²) in [6, 6.07) is 9.45. The molecule has 1 N–H and O–H groups in total. The topological polar surface area (TPSA) is 73.2 Å². The number of aromatic nitrogens is 2. The molecule has 2 atom stereocenters. The third kappa shape index (κ3) is 3.82. The Bertz CT molecular complexity index is 737. The lowest BCUT2D eigenvalue weighted by atomic mass is 10.1. The van der Waals surface area contributed by atoms with Gasteiger partial charge in [-0.25, -0.2) is 4.79 Å². The summed E-state index contributed by atoms with van der Waals surface area (Å²) in [5, 5.41) is 7.04. The molecule has 2 unspecified atom stereocenters. The van der Waals surface area contributed by atoms with Gasteiger partial charge in [0.2, 0.25) is 0 Å². The summed E-state index contributed by atoms with van der Waals surface area (Å²) >= 11 is 0. The van der Waals surface area contributed by atoms with Crippen LogP contribution in [0.5, 0.6) is 0 Å². The molecule has 1 heterocycles. The van der Waals surface area contributed by atoms with Gasteiger partial charge in [0.15, 0.2) is 6.10 Å². The molecule has 0 bridgehead atoms. The highest BCUT2D eigenvalue weighted by Gasteiger charge is 2.24. The number of rotatable bonds is 5. The van der Waals surface area contributed by atoms with Crippen LogP contribution in [0.4, 0.5) is 0 Å². The Morgan fingerprint density at radius 2 is 1.79 bits per heavy atom. The number of hydrogen-bond acceptors (Lipinski definition) is 4. The smallest absolute Gasteiger partial charge is 0.342 e. The highest BCUT2D eigenvalue weighted by molar-refractivity contribution is 5.94. The van der Waals surface area contributed by atoms with Crippen molar-refractivity contribution >= 4 is 11.9 Å². The van der Waals surface area contributed by atoms with E-state index in [4.69, 9.17) is 4.74 Å². The number of benzene rings is 1. The normalized spacial score (nSPS) is 13.2. The Morgan fingerprint density at radius 3 is 2.33 bits per heavy atom. The summed E-state index contributed by atoms with van der Waals surface area (Å²) in [6.45, 7) is 6.98. The van der Waals surface area contributed by atoms with Crippen LogP contribution in [0.1, 0.15) is 47.2 Å². The molecular weight excluding hydrogens is 306 g/mol. The summed E-state index contributed by atoms with van der Waals surface area (Å²) in [4.78, 5) is 24.6. The second-order valence-corrected chi connectivity index (χ2v) is 5.86. The number of nitrogens with one attached hydrogen (secondary N) is 1. The Balaban J connectivity index is 2.00. The first-order valence-corrected chi connectivity index (χ1v) is 7.87. The van der Waals surface area contributed by atoms with Crippen LogP contribution in [0.25, 0.3) is 0 Å². The molecule has 0 aliphatic carbocycles. The van der Waals surface area contributed by atoms with Crippen LogP contribution < -0.4 is 5.32 Å². The number of carbonyl (C=O) groups is 2. The molecule has 0 radical (unpaired) electrons. The van der Waals surface area contributed by atoms with Gasteiger partial charge in [0, 0.05) is 12.7 Å². The van der Waals surface area contributed by atoms with Crippen LogP contribution in [0.3, 0.4) is 0 Å². The number of carbonyl (C=O) groups excluding carboxylic acids is 2. The van der Waals surface area contributed by atoms with Gasteiger partial charge in [-0.3, -0.25) is 9.48 Å². The second-order valence-electron chi connectivity index (χ2n) is 5.86. The predicted octanol–water partition coefficient (Wildman–Crippen LogP) is 2.46. The number of nitrogens with zero attached hydrogens (tertiary/aromatic N) is 2. The number of amides is 1. The zero-order chi connectivity index (χ0) is 17.9. The summed E-state index contributed by atoms with van der Waals surface area (Å²) in [6.07, 6.45) is -0.886. The third-order valence-corrected chi connectivity index (χ3v) is 4.02. The minimum absolute atomic E-state index is 0.165. The van der Waals surface area contributed by atoms with Crippen LogP contribution in [-0.2, 0) is 16.6 Å². The zero-order valence-corrected chi connectivity index (χ0v) is 14.7. The number of ether oxygens (including phenoxy) is 1. The molecule has 128 valence electrons. The maximum absolute atomic E-state index is 12.3. The van der Waals surface area contributed by atoms with Crippen molar-refractivity contribution in [1.29, 1.82) is 0 Å². The fourth-order valence-corrected chi connectivity index (χ4v) is 2.50. The maximum atomic E-state index is 12.3. The Morgan fingerprint density at radius 1 is 1.17 bits per heavy atom. The maximum Gasteiger partial charge on any atom is 0.342 e. The first-order valence-electron chi connectivity index (χ1n) is 7.87. The molecule has 0 spiro atoms. The van der Waals surface area contributed by atoms with E-state index in [9.17, 15) is 9.59 Å². The number of hydrogen-bond donors (Lipinski definition) is 1. The van der Waals surface area contributed by atoms with Crippen molar-refractivity contribution in [3.05, 3.63) is 52.8 Å². The Labute approximate surface area is 141 Å². The highest BCUT2D eigenvalue weighted by atomic mass is 16.5. The van der Waals surface area contributed by atoms with Crippen molar-refractivity contribution in [2.24, 2.45) is 7.05 Å². The SMILES string of the molecule is Cc1nn(C)c(C)c1C(=O)OC(C)C(=O)NC(C)c1ccccc1. The standard InChI is InChI=1S/C18H23N3O3/c1-11(15-9-7-6-8-10-15)19-17(22)14(4)24-18(23)16-12(2)20-21(5)13(16)3/h6-11,14H,1-5H3,(H,19,22). The molecule has 0 aliphatic rings. The van der Waals surface area contributed by atoms with E-state index < -0.39 is 12.1 Å². The molecule has 0 saturated carbocycles. The Hall–Kier alpha value is -2.63. The fraction of sp³-hybridized carbons (Fsp3) is 0.389. The minimum atomic E-state index is -0.886. The van der Waals surface area contributed by atoms with E-state index in [-0.39, 0.29) is 11.9 Å². The monoisotopic (exact) mass is 329 g/mol. The molecule has 0 aliphatic heterocycles. The van der Waals surface area contributed by atoms with Crippen LogP contribution in [0.15, 0.2) is 30.3 Å². The molecule has 2 aromatic rings. The first-order chi connectivity index (χ1) is 11.3. The van der Waals surface area contributed by atoms with E-state index in [1.807, 2.05) is 37.3 Å². The lowest BCUT2D eigenvalue weighted by molar-refractivity contribution is -0.129. The molecular formula is C18H23N3O3. The van der Waals surface area contributed by atoms with E-state index in [0.717, 1.165) is 5.56 Å². The van der Waals surface area contributed by atoms with Crippen LogP contribution >= 0.6 is 0 Å². The van der Waals surface area contributed by atoms with Gasteiger partial charge in [-0.05, 0) is 33.3 Å². The molecule has 1 aromatic carbocycles. The number of aryl methyl sites for hydroxylation is 2. The molecule has 0 saturated heterocycles. The van der Waals surface area contributed by atoms with Gasteiger partial charge in [-0.15, -0.1) is 0 Å². The van der Waals surface area contributed by atoms with Crippen LogP contribution in [0, 0.1) is 13.8 Å². The van der Waals surface area contributed by atoms with Gasteiger partial charge < -0.3 is 10.1 Å². The molecule has 6 nitrogen and oxygen atoms in total. The lowest BCUT2D eigenvalue weighted by Gasteiger charge is -2.18. The second kappa shape index (κ2) is 7.29. The van der Waals surface area contributed by atoms with Gasteiger partial charge in [0.25, 0.3) is 5.91 Å². The summed E-state index contributed by atoms with van der Waals surface area (Å²) < 4.78 is 6.92. The van der Waals surface area contributed by atoms with Gasteiger partial charge in [0.05, 0.1) is 11.7 Å². The van der Waals surface area contributed by atoms with Crippen molar-refractivity contribution in [1.82, 2.24) is 15.1 Å². The minimum Gasteiger partial charge on any atom is -0.449 e. The molecule has 2 rings (SSSR count). The molecule has 24 heavy (non-hydrogen) atoms. The Kier molecular flexibility index (Phi) is 5.39. The van der Waals surface area contributed by atoms with E-state index in [2.05, 4.69) is 10.4 Å². The first kappa shape index (κ1) is 17.7. The summed E-state index contributed by atoms with van der Waals surface area (Å²) in [5.74, 6) is -0.869. The van der Waals surface area contributed by atoms with Crippen molar-refractivity contribution in [3.63, 3.8) is 0 Å². The fourth-order valence-electron chi connectivity index (χ4n) is 2.50. The van der Waals surface area contributed by atoms with Crippen LogP contribution in [0.2, 0.25) is 0 Å². The van der Waals surface area contributed by atoms with Gasteiger partial charge in [0.1, 0.15) is 5.56 Å². The third-order valence-electron chi connectivity index (χ3n) is 4.02. The van der Waals surface area contributed by atoms with Crippen molar-refractivity contribution in [2.45, 2.75) is 39.8 Å². The molecule has 0 fully saturated rings. The quantitative estimate of drug-likeness (QED) is 0.855. The average molecular weight is 329 g/mol. The van der Waals surface area contributed by atoms with Crippen molar-refractivity contribution < 1.29 is 14.3 Å². The van der Waals surface area contributed by atoms with Crippen molar-refractivity contribution in [2.75, 3.05) is 0 Å². The molecule has 6 heteroatoms. The summed E-state index contributed by atoms with van der Waals surface area (Å²) in [7, 11) is 1.76. The average Bonchev–Trinajstić information content (AvgIpc) is 2.80. The van der Waals surface area contributed by atoms with Gasteiger partial charge >= 0.3 is 5.97 Å². The van der Waals surface area contributed by atoms with Crippen LogP contribution in [-0.4, -0.2) is 27.8 Å². The zero-order valence-electron chi connectivity index (χ0n) is 14.7. The van der Waals surface area contributed by atoms with Crippen molar-refractivity contribution in [3.8, 4) is 0 Å². The molecule has 1 amide bonds. The lowest BCUT2D eigenvalue weighted by Crippen LogP contribution is -2.37.